The summed E-state index contributed by atoms with van der Waals surface area (Å²) in [5.74, 6) is -4.69. The number of ketones is 1. The summed E-state index contributed by atoms with van der Waals surface area (Å²) < 4.78 is 25.8. The summed E-state index contributed by atoms with van der Waals surface area (Å²) in [7, 11) is 0. The lowest BCUT2D eigenvalue weighted by atomic mass is 10.1. The summed E-state index contributed by atoms with van der Waals surface area (Å²) >= 11 is 1.03. The number of carbonyl (C=O) groups is 1. The molecule has 68 valence electrons. The summed E-state index contributed by atoms with van der Waals surface area (Å²) in [6.45, 7) is 0. The lowest BCUT2D eigenvalue weighted by Crippen LogP contribution is -2.34. The van der Waals surface area contributed by atoms with E-state index in [0.29, 0.717) is 4.90 Å². The van der Waals surface area contributed by atoms with Gasteiger partial charge in [0, 0.05) is 10.5 Å². The van der Waals surface area contributed by atoms with Crippen LogP contribution in [0.1, 0.15) is 10.4 Å². The van der Waals surface area contributed by atoms with Crippen molar-refractivity contribution in [3.8, 4) is 0 Å². The molecule has 13 heavy (non-hydrogen) atoms. The molecule has 4 heteroatoms. The predicted octanol–water partition coefficient (Wildman–Crippen LogP) is 2.61. The SMILES string of the molecule is O=C1c2ccccc2SCC1(F)F. The van der Waals surface area contributed by atoms with Crippen molar-refractivity contribution in [3.05, 3.63) is 29.8 Å². The third kappa shape index (κ3) is 1.35. The number of thioether (sulfide) groups is 1. The second-order valence-electron chi connectivity index (χ2n) is 2.82. The molecule has 2 rings (SSSR count). The number of halogens is 2. The zero-order valence-electron chi connectivity index (χ0n) is 6.59. The third-order valence-electron chi connectivity index (χ3n) is 1.87. The zero-order chi connectivity index (χ0) is 9.47. The molecule has 1 aromatic carbocycles. The van der Waals surface area contributed by atoms with Crippen LogP contribution in [0.4, 0.5) is 8.78 Å². The maximum absolute atomic E-state index is 12.9. The zero-order valence-corrected chi connectivity index (χ0v) is 7.41. The highest BCUT2D eigenvalue weighted by molar-refractivity contribution is 7.99. The van der Waals surface area contributed by atoms with E-state index in [0.717, 1.165) is 11.8 Å². The summed E-state index contributed by atoms with van der Waals surface area (Å²) in [4.78, 5) is 11.8. The topological polar surface area (TPSA) is 17.1 Å². The van der Waals surface area contributed by atoms with Gasteiger partial charge in [0.1, 0.15) is 0 Å². The number of hydrogen-bond donors (Lipinski definition) is 0. The Labute approximate surface area is 78.1 Å². The van der Waals surface area contributed by atoms with E-state index in [-0.39, 0.29) is 5.56 Å². The van der Waals surface area contributed by atoms with Gasteiger partial charge in [-0.2, -0.15) is 8.78 Å². The fraction of sp³-hybridized carbons (Fsp3) is 0.222. The minimum Gasteiger partial charge on any atom is -0.287 e. The first-order valence-electron chi connectivity index (χ1n) is 3.76. The Balaban J connectivity index is 2.52. The molecule has 1 aromatic rings. The molecule has 0 atom stereocenters. The minimum atomic E-state index is -3.20. The van der Waals surface area contributed by atoms with Crippen LogP contribution in [0, 0.1) is 0 Å². The Kier molecular flexibility index (Phi) is 1.87. The van der Waals surface area contributed by atoms with E-state index in [1.54, 1.807) is 18.2 Å². The highest BCUT2D eigenvalue weighted by Gasteiger charge is 2.43. The van der Waals surface area contributed by atoms with Crippen LogP contribution in [0.15, 0.2) is 29.2 Å². The molecule has 0 radical (unpaired) electrons. The molecule has 1 aliphatic rings. The molecule has 0 fully saturated rings. The van der Waals surface area contributed by atoms with Crippen molar-refractivity contribution in [2.75, 3.05) is 5.75 Å². The lowest BCUT2D eigenvalue weighted by molar-refractivity contribution is 0.0237. The van der Waals surface area contributed by atoms with Crippen LogP contribution in [-0.4, -0.2) is 17.5 Å². The highest BCUT2D eigenvalue weighted by Crippen LogP contribution is 2.37. The van der Waals surface area contributed by atoms with E-state index >= 15 is 0 Å². The molecule has 0 saturated carbocycles. The number of carbonyl (C=O) groups excluding carboxylic acids is 1. The average Bonchev–Trinajstić information content (AvgIpc) is 2.13. The average molecular weight is 200 g/mol. The largest absolute Gasteiger partial charge is 0.318 e. The van der Waals surface area contributed by atoms with Crippen molar-refractivity contribution in [3.63, 3.8) is 0 Å². The van der Waals surface area contributed by atoms with Crippen LogP contribution in [-0.2, 0) is 0 Å². The maximum atomic E-state index is 12.9. The van der Waals surface area contributed by atoms with E-state index in [1.807, 2.05) is 0 Å². The van der Waals surface area contributed by atoms with Crippen LogP contribution in [0.5, 0.6) is 0 Å². The van der Waals surface area contributed by atoms with Crippen molar-refractivity contribution in [2.45, 2.75) is 10.8 Å². The number of alkyl halides is 2. The van der Waals surface area contributed by atoms with E-state index in [1.165, 1.54) is 6.07 Å². The standard InChI is InChI=1S/C9H6F2OS/c10-9(11)5-13-7-4-2-1-3-6(7)8(9)12/h1-4H,5H2. The van der Waals surface area contributed by atoms with Crippen molar-refractivity contribution < 1.29 is 13.6 Å². The van der Waals surface area contributed by atoms with E-state index in [2.05, 4.69) is 0 Å². The van der Waals surface area contributed by atoms with Crippen LogP contribution in [0.2, 0.25) is 0 Å². The summed E-state index contributed by atoms with van der Waals surface area (Å²) in [5, 5.41) is 0. The number of benzene rings is 1. The second-order valence-corrected chi connectivity index (χ2v) is 3.84. The van der Waals surface area contributed by atoms with Crippen LogP contribution in [0.25, 0.3) is 0 Å². The molecule has 0 aliphatic carbocycles. The smallest absolute Gasteiger partial charge is 0.287 e. The van der Waals surface area contributed by atoms with E-state index in [4.69, 9.17) is 0 Å². The van der Waals surface area contributed by atoms with Gasteiger partial charge < -0.3 is 0 Å². The molecular weight excluding hydrogens is 194 g/mol. The van der Waals surface area contributed by atoms with Crippen molar-refractivity contribution in [2.24, 2.45) is 0 Å². The van der Waals surface area contributed by atoms with E-state index < -0.39 is 17.5 Å². The Morgan fingerprint density at radius 3 is 2.77 bits per heavy atom. The first-order valence-corrected chi connectivity index (χ1v) is 4.74. The summed E-state index contributed by atoms with van der Waals surface area (Å²) in [6, 6.07) is 6.46. The van der Waals surface area contributed by atoms with Gasteiger partial charge in [0.05, 0.1) is 5.75 Å². The third-order valence-corrected chi connectivity index (χ3v) is 3.05. The van der Waals surface area contributed by atoms with Gasteiger partial charge in [0.2, 0.25) is 5.78 Å². The molecule has 0 saturated heterocycles. The molecule has 0 spiro atoms. The Bertz CT molecular complexity index is 362. The first kappa shape index (κ1) is 8.69. The second kappa shape index (κ2) is 2.80. The minimum absolute atomic E-state index is 0.142. The van der Waals surface area contributed by atoms with Gasteiger partial charge in [-0.1, -0.05) is 18.2 Å². The van der Waals surface area contributed by atoms with Gasteiger partial charge >= 0.3 is 5.92 Å². The number of Topliss-reactive ketones (excluding diaryl/α,β-unsaturated/α-hetero) is 1. The van der Waals surface area contributed by atoms with Gasteiger partial charge in [-0.3, -0.25) is 4.79 Å². The Hall–Kier alpha value is -0.900. The predicted molar refractivity (Wildman–Crippen MR) is 46.4 cm³/mol. The Morgan fingerprint density at radius 2 is 2.00 bits per heavy atom. The van der Waals surface area contributed by atoms with Gasteiger partial charge in [0.15, 0.2) is 0 Å². The van der Waals surface area contributed by atoms with Crippen LogP contribution >= 0.6 is 11.8 Å². The van der Waals surface area contributed by atoms with Gasteiger partial charge in [0.25, 0.3) is 0 Å². The first-order chi connectivity index (χ1) is 6.11. The monoisotopic (exact) mass is 200 g/mol. The van der Waals surface area contributed by atoms with Crippen molar-refractivity contribution in [1.82, 2.24) is 0 Å². The van der Waals surface area contributed by atoms with E-state index in [9.17, 15) is 13.6 Å². The quantitative estimate of drug-likeness (QED) is 0.640. The molecule has 0 amide bonds. The molecule has 0 aromatic heterocycles. The normalized spacial score (nSPS) is 19.7. The van der Waals surface area contributed by atoms with Gasteiger partial charge in [-0.05, 0) is 6.07 Å². The molecular formula is C9H6F2OS. The van der Waals surface area contributed by atoms with Crippen molar-refractivity contribution >= 4 is 17.5 Å². The fourth-order valence-corrected chi connectivity index (χ4v) is 2.17. The molecule has 0 unspecified atom stereocenters. The number of rotatable bonds is 0. The highest BCUT2D eigenvalue weighted by atomic mass is 32.2. The summed E-state index contributed by atoms with van der Waals surface area (Å²) in [5.41, 5.74) is 0.142. The molecule has 1 heterocycles. The molecule has 1 nitrogen and oxygen atoms in total. The van der Waals surface area contributed by atoms with Gasteiger partial charge in [-0.25, -0.2) is 0 Å². The van der Waals surface area contributed by atoms with Crippen LogP contribution < -0.4 is 0 Å². The maximum Gasteiger partial charge on any atom is 0.318 e. The Morgan fingerprint density at radius 1 is 1.31 bits per heavy atom. The fourth-order valence-electron chi connectivity index (χ4n) is 1.21. The number of hydrogen-bond acceptors (Lipinski definition) is 2. The molecule has 1 aliphatic heterocycles. The molecule has 0 N–H and O–H groups in total. The van der Waals surface area contributed by atoms with Crippen molar-refractivity contribution in [1.29, 1.82) is 0 Å². The number of fused-ring (bicyclic) bond motifs is 1. The van der Waals surface area contributed by atoms with Crippen LogP contribution in [0.3, 0.4) is 0 Å². The molecule has 0 bridgehead atoms. The summed E-state index contributed by atoms with van der Waals surface area (Å²) in [6.07, 6.45) is 0. The van der Waals surface area contributed by atoms with Gasteiger partial charge in [-0.15, -0.1) is 11.8 Å². The lowest BCUT2D eigenvalue weighted by Gasteiger charge is -2.21.